The van der Waals surface area contributed by atoms with Gasteiger partial charge in [-0.2, -0.15) is 0 Å². The van der Waals surface area contributed by atoms with Crippen LogP contribution in [-0.4, -0.2) is 18.1 Å². The van der Waals surface area contributed by atoms with Gasteiger partial charge in [-0.3, -0.25) is 4.84 Å². The van der Waals surface area contributed by atoms with Crippen LogP contribution in [0.25, 0.3) is 0 Å². The van der Waals surface area contributed by atoms with Gasteiger partial charge in [-0.05, 0) is 12.1 Å². The van der Waals surface area contributed by atoms with E-state index in [-0.39, 0.29) is 0 Å². The molecule has 0 spiro atoms. The molecule has 1 heterocycles. The van der Waals surface area contributed by atoms with E-state index in [1.807, 2.05) is 0 Å². The standard InChI is InChI=1S/C7H8ClN3O2/c1-13-11-7(12)10-5-2-3-9-6(8)4-5/h2-4H,1H3,(H2,9,10,11,12). The minimum Gasteiger partial charge on any atom is -0.306 e. The molecule has 1 rings (SSSR count). The highest BCUT2D eigenvalue weighted by Gasteiger charge is 2.00. The Morgan fingerprint density at radius 1 is 1.69 bits per heavy atom. The zero-order valence-corrected chi connectivity index (χ0v) is 7.63. The molecule has 5 nitrogen and oxygen atoms in total. The van der Waals surface area contributed by atoms with Crippen molar-refractivity contribution in [1.29, 1.82) is 0 Å². The monoisotopic (exact) mass is 201 g/mol. The van der Waals surface area contributed by atoms with E-state index in [2.05, 4.69) is 20.6 Å². The highest BCUT2D eigenvalue weighted by molar-refractivity contribution is 6.29. The summed E-state index contributed by atoms with van der Waals surface area (Å²) in [7, 11) is 1.35. The van der Waals surface area contributed by atoms with Crippen LogP contribution in [-0.2, 0) is 4.84 Å². The smallest absolute Gasteiger partial charge is 0.306 e. The molecule has 70 valence electrons. The second-order valence-electron chi connectivity index (χ2n) is 2.13. The highest BCUT2D eigenvalue weighted by atomic mass is 35.5. The second-order valence-corrected chi connectivity index (χ2v) is 2.51. The number of aromatic nitrogens is 1. The Bertz CT molecular complexity index is 306. The number of carbonyl (C=O) groups excluding carboxylic acids is 1. The summed E-state index contributed by atoms with van der Waals surface area (Å²) in [6.07, 6.45) is 1.49. The lowest BCUT2D eigenvalue weighted by Crippen LogP contribution is -2.27. The molecule has 0 fully saturated rings. The van der Waals surface area contributed by atoms with Crippen molar-refractivity contribution in [2.75, 3.05) is 12.4 Å². The van der Waals surface area contributed by atoms with Crippen molar-refractivity contribution in [3.63, 3.8) is 0 Å². The summed E-state index contributed by atoms with van der Waals surface area (Å²) < 4.78 is 0. The molecule has 6 heteroatoms. The SMILES string of the molecule is CONC(=O)Nc1ccnc(Cl)c1. The average molecular weight is 202 g/mol. The van der Waals surface area contributed by atoms with E-state index in [9.17, 15) is 4.79 Å². The number of hydroxylamine groups is 1. The summed E-state index contributed by atoms with van der Waals surface area (Å²) in [4.78, 5) is 19.1. The van der Waals surface area contributed by atoms with E-state index < -0.39 is 6.03 Å². The number of pyridine rings is 1. The number of carbonyl (C=O) groups is 1. The number of hydrogen-bond donors (Lipinski definition) is 2. The van der Waals surface area contributed by atoms with Gasteiger partial charge in [0.05, 0.1) is 7.11 Å². The van der Waals surface area contributed by atoms with Crippen LogP contribution >= 0.6 is 11.6 Å². The van der Waals surface area contributed by atoms with Crippen LogP contribution in [0.1, 0.15) is 0 Å². The van der Waals surface area contributed by atoms with Gasteiger partial charge in [0, 0.05) is 11.9 Å². The summed E-state index contributed by atoms with van der Waals surface area (Å²) in [5, 5.41) is 2.80. The first-order chi connectivity index (χ1) is 6.22. The van der Waals surface area contributed by atoms with Gasteiger partial charge < -0.3 is 5.32 Å². The fourth-order valence-corrected chi connectivity index (χ4v) is 0.903. The third-order valence-corrected chi connectivity index (χ3v) is 1.39. The van der Waals surface area contributed by atoms with E-state index in [0.717, 1.165) is 0 Å². The van der Waals surface area contributed by atoms with Crippen molar-refractivity contribution in [3.8, 4) is 0 Å². The van der Waals surface area contributed by atoms with E-state index in [0.29, 0.717) is 10.8 Å². The van der Waals surface area contributed by atoms with Gasteiger partial charge in [0.1, 0.15) is 5.15 Å². The molecule has 0 aliphatic rings. The van der Waals surface area contributed by atoms with Gasteiger partial charge in [-0.1, -0.05) is 11.6 Å². The van der Waals surface area contributed by atoms with Crippen molar-refractivity contribution in [1.82, 2.24) is 10.5 Å². The summed E-state index contributed by atoms with van der Waals surface area (Å²) in [6, 6.07) is 2.67. The normalized spacial score (nSPS) is 9.38. The topological polar surface area (TPSA) is 63.2 Å². The van der Waals surface area contributed by atoms with Crippen molar-refractivity contribution in [2.24, 2.45) is 0 Å². The Balaban J connectivity index is 2.58. The number of urea groups is 1. The molecule has 0 unspecified atom stereocenters. The first-order valence-corrected chi connectivity index (χ1v) is 3.81. The highest BCUT2D eigenvalue weighted by Crippen LogP contribution is 2.11. The molecule has 2 amide bonds. The minimum atomic E-state index is -0.468. The van der Waals surface area contributed by atoms with Crippen molar-refractivity contribution in [2.45, 2.75) is 0 Å². The number of hydrogen-bond acceptors (Lipinski definition) is 3. The van der Waals surface area contributed by atoms with Crippen LogP contribution < -0.4 is 10.8 Å². The van der Waals surface area contributed by atoms with Crippen molar-refractivity contribution in [3.05, 3.63) is 23.5 Å². The Labute approximate surface area is 80.0 Å². The van der Waals surface area contributed by atoms with E-state index in [1.165, 1.54) is 19.4 Å². The number of rotatable bonds is 2. The molecule has 0 aliphatic heterocycles. The molecule has 0 bridgehead atoms. The van der Waals surface area contributed by atoms with Crippen LogP contribution in [0, 0.1) is 0 Å². The molecule has 0 atom stereocenters. The van der Waals surface area contributed by atoms with Crippen LogP contribution in [0.5, 0.6) is 0 Å². The fourth-order valence-electron chi connectivity index (χ4n) is 0.730. The second kappa shape index (κ2) is 4.64. The molecular formula is C7H8ClN3O2. The van der Waals surface area contributed by atoms with Gasteiger partial charge >= 0.3 is 6.03 Å². The number of amides is 2. The van der Waals surface area contributed by atoms with Crippen LogP contribution in [0.15, 0.2) is 18.3 Å². The molecule has 0 radical (unpaired) electrons. The van der Waals surface area contributed by atoms with Crippen molar-refractivity contribution < 1.29 is 9.63 Å². The minimum absolute atomic E-state index is 0.315. The molecule has 0 saturated carbocycles. The van der Waals surface area contributed by atoms with Gasteiger partial charge in [-0.25, -0.2) is 15.3 Å². The quantitative estimate of drug-likeness (QED) is 0.562. The zero-order chi connectivity index (χ0) is 9.68. The molecule has 13 heavy (non-hydrogen) atoms. The van der Waals surface area contributed by atoms with Gasteiger partial charge in [-0.15, -0.1) is 0 Å². The molecule has 0 saturated heterocycles. The Morgan fingerprint density at radius 2 is 2.46 bits per heavy atom. The number of nitrogens with zero attached hydrogens (tertiary/aromatic N) is 1. The maximum Gasteiger partial charge on any atom is 0.343 e. The first-order valence-electron chi connectivity index (χ1n) is 3.44. The molecule has 1 aromatic heterocycles. The third kappa shape index (κ3) is 3.27. The zero-order valence-electron chi connectivity index (χ0n) is 6.87. The van der Waals surface area contributed by atoms with Gasteiger partial charge in [0.15, 0.2) is 0 Å². The molecule has 0 aromatic carbocycles. The fraction of sp³-hybridized carbons (Fsp3) is 0.143. The summed E-state index contributed by atoms with van der Waals surface area (Å²) in [6.45, 7) is 0. The van der Waals surface area contributed by atoms with Crippen LogP contribution in [0.3, 0.4) is 0 Å². The lowest BCUT2D eigenvalue weighted by atomic mass is 10.4. The van der Waals surface area contributed by atoms with Gasteiger partial charge in [0.25, 0.3) is 0 Å². The largest absolute Gasteiger partial charge is 0.343 e. The van der Waals surface area contributed by atoms with Crippen LogP contribution in [0.4, 0.5) is 10.5 Å². The lowest BCUT2D eigenvalue weighted by Gasteiger charge is -2.04. The predicted molar refractivity (Wildman–Crippen MR) is 48.4 cm³/mol. The third-order valence-electron chi connectivity index (χ3n) is 1.18. The maximum absolute atomic E-state index is 10.9. The Kier molecular flexibility index (Phi) is 3.48. The molecular weight excluding hydrogens is 194 g/mol. The number of halogens is 1. The number of anilines is 1. The first kappa shape index (κ1) is 9.76. The van der Waals surface area contributed by atoms with E-state index in [1.54, 1.807) is 6.07 Å². The maximum atomic E-state index is 10.9. The van der Waals surface area contributed by atoms with E-state index in [4.69, 9.17) is 11.6 Å². The molecule has 2 N–H and O–H groups in total. The number of nitrogens with one attached hydrogen (secondary N) is 2. The lowest BCUT2D eigenvalue weighted by molar-refractivity contribution is 0.114. The Hall–Kier alpha value is -1.33. The molecule has 0 aliphatic carbocycles. The van der Waals surface area contributed by atoms with Crippen LogP contribution in [0.2, 0.25) is 5.15 Å². The Morgan fingerprint density at radius 3 is 3.08 bits per heavy atom. The summed E-state index contributed by atoms with van der Waals surface area (Å²) in [5.41, 5.74) is 2.65. The molecule has 1 aromatic rings. The summed E-state index contributed by atoms with van der Waals surface area (Å²) in [5.74, 6) is 0. The van der Waals surface area contributed by atoms with E-state index >= 15 is 0 Å². The van der Waals surface area contributed by atoms with Crippen molar-refractivity contribution >= 4 is 23.3 Å². The average Bonchev–Trinajstić information content (AvgIpc) is 2.04. The van der Waals surface area contributed by atoms with Gasteiger partial charge in [0.2, 0.25) is 0 Å². The summed E-state index contributed by atoms with van der Waals surface area (Å²) >= 11 is 5.59. The predicted octanol–water partition coefficient (Wildman–Crippen LogP) is 1.42.